The van der Waals surface area contributed by atoms with Gasteiger partial charge in [0.2, 0.25) is 5.88 Å². The lowest BCUT2D eigenvalue weighted by atomic mass is 10.1. The lowest BCUT2D eigenvalue weighted by Gasteiger charge is -2.06. The normalized spacial score (nSPS) is 10.6. The minimum atomic E-state index is -0.268. The smallest absolute Gasteiger partial charge is 0.238 e. The fourth-order valence-corrected chi connectivity index (χ4v) is 1.94. The van der Waals surface area contributed by atoms with Gasteiger partial charge in [-0.05, 0) is 19.4 Å². The zero-order chi connectivity index (χ0) is 13.8. The Hall–Kier alpha value is -2.17. The molecule has 2 aromatic rings. The third kappa shape index (κ3) is 2.50. The molecule has 0 aromatic carbocycles. The molecule has 0 unspecified atom stereocenters. The zero-order valence-electron chi connectivity index (χ0n) is 11.0. The molecule has 100 valence electrons. The summed E-state index contributed by atoms with van der Waals surface area (Å²) in [6, 6.07) is 1.60. The summed E-state index contributed by atoms with van der Waals surface area (Å²) in [6.45, 7) is 4.21. The molecule has 0 radical (unpaired) electrons. The third-order valence-electron chi connectivity index (χ3n) is 2.82. The van der Waals surface area contributed by atoms with Crippen molar-refractivity contribution in [1.29, 1.82) is 0 Å². The first-order valence-corrected chi connectivity index (χ1v) is 6.35. The Balaban J connectivity index is 2.60. The maximum absolute atomic E-state index is 12.3. The van der Waals surface area contributed by atoms with E-state index in [0.717, 1.165) is 6.42 Å². The van der Waals surface area contributed by atoms with Crippen LogP contribution in [0.25, 0.3) is 10.9 Å². The van der Waals surface area contributed by atoms with E-state index in [0.29, 0.717) is 29.8 Å². The SMILES string of the molecule is CCCC(=O)c1c[nH]c2c(OCC)nccc2c1=O. The van der Waals surface area contributed by atoms with Gasteiger partial charge in [-0.3, -0.25) is 9.59 Å². The van der Waals surface area contributed by atoms with Gasteiger partial charge in [-0.1, -0.05) is 6.92 Å². The minimum Gasteiger partial charge on any atom is -0.476 e. The van der Waals surface area contributed by atoms with Crippen molar-refractivity contribution < 1.29 is 9.53 Å². The van der Waals surface area contributed by atoms with Crippen molar-refractivity contribution >= 4 is 16.7 Å². The highest BCUT2D eigenvalue weighted by Crippen LogP contribution is 2.18. The number of hydrogen-bond donors (Lipinski definition) is 1. The average molecular weight is 260 g/mol. The number of nitrogens with zero attached hydrogens (tertiary/aromatic N) is 1. The standard InChI is InChI=1S/C14H16N2O3/c1-3-5-11(17)10-8-16-12-9(13(10)18)6-7-15-14(12)19-4-2/h6-8H,3-5H2,1-2H3,(H,16,18). The second kappa shape index (κ2) is 5.65. The molecule has 0 aliphatic carbocycles. The van der Waals surface area contributed by atoms with Crippen LogP contribution in [0.3, 0.4) is 0 Å². The van der Waals surface area contributed by atoms with Crippen molar-refractivity contribution in [3.63, 3.8) is 0 Å². The molecule has 2 rings (SSSR count). The molecule has 2 aromatic heterocycles. The molecule has 0 saturated carbocycles. The second-order valence-electron chi connectivity index (χ2n) is 4.18. The van der Waals surface area contributed by atoms with Crippen molar-refractivity contribution in [2.45, 2.75) is 26.7 Å². The van der Waals surface area contributed by atoms with Gasteiger partial charge in [0.1, 0.15) is 5.52 Å². The van der Waals surface area contributed by atoms with Gasteiger partial charge in [-0.2, -0.15) is 0 Å². The highest BCUT2D eigenvalue weighted by atomic mass is 16.5. The minimum absolute atomic E-state index is 0.138. The number of H-pyrrole nitrogens is 1. The third-order valence-corrected chi connectivity index (χ3v) is 2.82. The number of pyridine rings is 2. The summed E-state index contributed by atoms with van der Waals surface area (Å²) in [4.78, 5) is 31.1. The fraction of sp³-hybridized carbons (Fsp3) is 0.357. The van der Waals surface area contributed by atoms with Crippen LogP contribution in [0.2, 0.25) is 0 Å². The predicted octanol–water partition coefficient (Wildman–Crippen LogP) is 2.30. The number of nitrogens with one attached hydrogen (secondary N) is 1. The van der Waals surface area contributed by atoms with E-state index < -0.39 is 0 Å². The Kier molecular flexibility index (Phi) is 3.94. The molecule has 0 amide bonds. The summed E-state index contributed by atoms with van der Waals surface area (Å²) >= 11 is 0. The number of rotatable bonds is 5. The van der Waals surface area contributed by atoms with Crippen LogP contribution in [0.4, 0.5) is 0 Å². The van der Waals surface area contributed by atoms with Gasteiger partial charge >= 0.3 is 0 Å². The van der Waals surface area contributed by atoms with Crippen LogP contribution in [0.5, 0.6) is 5.88 Å². The van der Waals surface area contributed by atoms with Crippen molar-refractivity contribution in [1.82, 2.24) is 9.97 Å². The van der Waals surface area contributed by atoms with E-state index in [1.165, 1.54) is 12.4 Å². The summed E-state index contributed by atoms with van der Waals surface area (Å²) in [7, 11) is 0. The zero-order valence-corrected chi connectivity index (χ0v) is 11.0. The first kappa shape index (κ1) is 13.3. The molecule has 5 heteroatoms. The molecule has 1 N–H and O–H groups in total. The van der Waals surface area contributed by atoms with E-state index in [2.05, 4.69) is 9.97 Å². The Morgan fingerprint density at radius 3 is 2.89 bits per heavy atom. The van der Waals surface area contributed by atoms with E-state index in [1.807, 2.05) is 13.8 Å². The Morgan fingerprint density at radius 2 is 2.21 bits per heavy atom. The van der Waals surface area contributed by atoms with Gasteiger partial charge in [-0.25, -0.2) is 4.98 Å². The maximum atomic E-state index is 12.3. The van der Waals surface area contributed by atoms with Gasteiger partial charge in [0.15, 0.2) is 11.2 Å². The molecule has 19 heavy (non-hydrogen) atoms. The predicted molar refractivity (Wildman–Crippen MR) is 72.8 cm³/mol. The van der Waals surface area contributed by atoms with Gasteiger partial charge in [0, 0.05) is 18.8 Å². The number of carbonyl (C=O) groups excluding carboxylic acids is 1. The van der Waals surface area contributed by atoms with Gasteiger partial charge in [-0.15, -0.1) is 0 Å². The van der Waals surface area contributed by atoms with Crippen molar-refractivity contribution in [2.75, 3.05) is 6.61 Å². The molecule has 0 fully saturated rings. The van der Waals surface area contributed by atoms with Crippen LogP contribution in [0, 0.1) is 0 Å². The number of ketones is 1. The fourth-order valence-electron chi connectivity index (χ4n) is 1.94. The van der Waals surface area contributed by atoms with E-state index >= 15 is 0 Å². The first-order chi connectivity index (χ1) is 9.19. The van der Waals surface area contributed by atoms with Gasteiger partial charge in [0.25, 0.3) is 0 Å². The van der Waals surface area contributed by atoms with Crippen LogP contribution in [-0.4, -0.2) is 22.4 Å². The molecule has 0 bridgehead atoms. The largest absolute Gasteiger partial charge is 0.476 e. The van der Waals surface area contributed by atoms with Crippen molar-refractivity contribution in [3.05, 3.63) is 34.2 Å². The highest BCUT2D eigenvalue weighted by molar-refractivity contribution is 5.99. The van der Waals surface area contributed by atoms with E-state index in [-0.39, 0.29) is 16.8 Å². The van der Waals surface area contributed by atoms with Gasteiger partial charge < -0.3 is 9.72 Å². The number of fused-ring (bicyclic) bond motifs is 1. The quantitative estimate of drug-likeness (QED) is 0.837. The van der Waals surface area contributed by atoms with E-state index in [1.54, 1.807) is 6.07 Å². The van der Waals surface area contributed by atoms with Crippen LogP contribution in [-0.2, 0) is 0 Å². The molecule has 0 atom stereocenters. The maximum Gasteiger partial charge on any atom is 0.238 e. The van der Waals surface area contributed by atoms with Crippen molar-refractivity contribution in [2.24, 2.45) is 0 Å². The summed E-state index contributed by atoms with van der Waals surface area (Å²) in [5.41, 5.74) is 0.459. The average Bonchev–Trinajstić information content (AvgIpc) is 2.40. The van der Waals surface area contributed by atoms with E-state index in [4.69, 9.17) is 4.74 Å². The Labute approximate surface area is 110 Å². The van der Waals surface area contributed by atoms with Crippen LogP contribution in [0.1, 0.15) is 37.0 Å². The molecule has 5 nitrogen and oxygen atoms in total. The number of Topliss-reactive ketones (excluding diaryl/α,β-unsaturated/α-hetero) is 1. The summed E-state index contributed by atoms with van der Waals surface area (Å²) < 4.78 is 5.36. The molecular weight excluding hydrogens is 244 g/mol. The molecule has 0 saturated heterocycles. The lowest BCUT2D eigenvalue weighted by Crippen LogP contribution is -2.16. The highest BCUT2D eigenvalue weighted by Gasteiger charge is 2.14. The van der Waals surface area contributed by atoms with Crippen LogP contribution >= 0.6 is 0 Å². The van der Waals surface area contributed by atoms with E-state index in [9.17, 15) is 9.59 Å². The monoisotopic (exact) mass is 260 g/mol. The number of hydrogen-bond acceptors (Lipinski definition) is 4. The summed E-state index contributed by atoms with van der Waals surface area (Å²) in [5.74, 6) is 0.243. The summed E-state index contributed by atoms with van der Waals surface area (Å²) in [6.07, 6.45) is 4.05. The van der Waals surface area contributed by atoms with Gasteiger partial charge in [0.05, 0.1) is 17.6 Å². The Morgan fingerprint density at radius 1 is 1.42 bits per heavy atom. The molecule has 2 heterocycles. The van der Waals surface area contributed by atoms with Crippen molar-refractivity contribution in [3.8, 4) is 5.88 Å². The number of aromatic nitrogens is 2. The lowest BCUT2D eigenvalue weighted by molar-refractivity contribution is 0.0980. The molecule has 0 spiro atoms. The second-order valence-corrected chi connectivity index (χ2v) is 4.18. The number of ether oxygens (including phenoxy) is 1. The number of aromatic amines is 1. The van der Waals surface area contributed by atoms with Crippen LogP contribution in [0.15, 0.2) is 23.3 Å². The van der Waals surface area contributed by atoms with Crippen LogP contribution < -0.4 is 10.2 Å². The molecule has 0 aliphatic rings. The molecular formula is C14H16N2O3. The first-order valence-electron chi connectivity index (χ1n) is 6.35. The Bertz CT molecular complexity index is 661. The summed E-state index contributed by atoms with van der Waals surface area (Å²) in [5, 5.41) is 0.431. The molecule has 0 aliphatic heterocycles. The number of carbonyl (C=O) groups is 1. The topological polar surface area (TPSA) is 72.1 Å².